The summed E-state index contributed by atoms with van der Waals surface area (Å²) in [6.45, 7) is 1.40. The summed E-state index contributed by atoms with van der Waals surface area (Å²) < 4.78 is 5.18. The van der Waals surface area contributed by atoms with Crippen LogP contribution in [-0.2, 0) is 14.3 Å². The number of benzene rings is 1. The Labute approximate surface area is 163 Å². The van der Waals surface area contributed by atoms with Crippen molar-refractivity contribution in [3.63, 3.8) is 0 Å². The van der Waals surface area contributed by atoms with Crippen molar-refractivity contribution in [2.75, 3.05) is 32.8 Å². The number of hydrogen-bond acceptors (Lipinski definition) is 6. The fraction of sp³-hybridized carbons (Fsp3) is 0.312. The third kappa shape index (κ3) is 3.98. The van der Waals surface area contributed by atoms with Crippen LogP contribution in [0.25, 0.3) is 6.08 Å². The molecule has 1 aromatic carbocycles. The maximum absolute atomic E-state index is 12.5. The van der Waals surface area contributed by atoms with E-state index in [1.807, 2.05) is 0 Å². The van der Waals surface area contributed by atoms with Gasteiger partial charge < -0.3 is 14.7 Å². The van der Waals surface area contributed by atoms with Gasteiger partial charge in [0.1, 0.15) is 12.3 Å². The number of aromatic hydroxyl groups is 1. The van der Waals surface area contributed by atoms with Gasteiger partial charge in [0.05, 0.1) is 23.1 Å². The molecular formula is C16H14Cl2N2O5S. The average molecular weight is 417 g/mol. The molecule has 0 radical (unpaired) electrons. The number of imide groups is 1. The molecule has 3 amide bonds. The van der Waals surface area contributed by atoms with Crippen molar-refractivity contribution in [3.05, 3.63) is 32.6 Å². The van der Waals surface area contributed by atoms with E-state index in [2.05, 4.69) is 0 Å². The highest BCUT2D eigenvalue weighted by Gasteiger charge is 2.37. The van der Waals surface area contributed by atoms with Gasteiger partial charge in [-0.15, -0.1) is 0 Å². The SMILES string of the molecule is O=C(CN1C(=O)S/C(=C/c2cc(Cl)cc(Cl)c2O)C1=O)N1CCOCC1. The van der Waals surface area contributed by atoms with Crippen LogP contribution in [0.4, 0.5) is 4.79 Å². The Morgan fingerprint density at radius 1 is 1.27 bits per heavy atom. The summed E-state index contributed by atoms with van der Waals surface area (Å²) in [6, 6.07) is 2.79. The summed E-state index contributed by atoms with van der Waals surface area (Å²) in [7, 11) is 0. The molecule has 2 saturated heterocycles. The fourth-order valence-corrected chi connectivity index (χ4v) is 3.86. The van der Waals surface area contributed by atoms with Gasteiger partial charge in [-0.2, -0.15) is 0 Å². The standard InChI is InChI=1S/C16H14Cl2N2O5S/c17-10-5-9(14(22)11(18)7-10)6-12-15(23)20(16(24)26-12)8-13(21)19-1-3-25-4-2-19/h5-7,22H,1-4,8H2/b12-6+. The predicted molar refractivity (Wildman–Crippen MR) is 98.2 cm³/mol. The van der Waals surface area contributed by atoms with Crippen molar-refractivity contribution in [1.82, 2.24) is 9.80 Å². The number of ether oxygens (including phenoxy) is 1. The lowest BCUT2D eigenvalue weighted by molar-refractivity contribution is -0.139. The third-order valence-electron chi connectivity index (χ3n) is 3.88. The van der Waals surface area contributed by atoms with E-state index in [0.29, 0.717) is 38.1 Å². The van der Waals surface area contributed by atoms with Gasteiger partial charge in [0, 0.05) is 23.7 Å². The first-order valence-corrected chi connectivity index (χ1v) is 9.23. The molecule has 0 saturated carbocycles. The Hall–Kier alpha value is -1.74. The lowest BCUT2D eigenvalue weighted by Gasteiger charge is -2.28. The number of phenolic OH excluding ortho intramolecular Hbond substituents is 1. The molecular weight excluding hydrogens is 403 g/mol. The Bertz CT molecular complexity index is 808. The van der Waals surface area contributed by atoms with Crippen molar-refractivity contribution in [1.29, 1.82) is 0 Å². The zero-order valence-corrected chi connectivity index (χ0v) is 15.7. The number of morpholine rings is 1. The number of thioether (sulfide) groups is 1. The Balaban J connectivity index is 1.77. The zero-order valence-electron chi connectivity index (χ0n) is 13.4. The molecule has 0 atom stereocenters. The van der Waals surface area contributed by atoms with Gasteiger partial charge in [-0.25, -0.2) is 0 Å². The van der Waals surface area contributed by atoms with Gasteiger partial charge in [-0.05, 0) is 30.0 Å². The van der Waals surface area contributed by atoms with E-state index in [1.54, 1.807) is 4.90 Å². The van der Waals surface area contributed by atoms with Crippen LogP contribution in [0, 0.1) is 0 Å². The van der Waals surface area contributed by atoms with E-state index < -0.39 is 11.1 Å². The minimum absolute atomic E-state index is 0.0328. The monoisotopic (exact) mass is 416 g/mol. The Morgan fingerprint density at radius 2 is 1.96 bits per heavy atom. The number of amides is 3. The first-order chi connectivity index (χ1) is 12.4. The van der Waals surface area contributed by atoms with Gasteiger partial charge in [-0.1, -0.05) is 23.2 Å². The second kappa shape index (κ2) is 7.87. The number of carbonyl (C=O) groups excluding carboxylic acids is 3. The van der Waals surface area contributed by atoms with Crippen LogP contribution in [0.2, 0.25) is 10.0 Å². The first-order valence-electron chi connectivity index (χ1n) is 7.65. The van der Waals surface area contributed by atoms with Gasteiger partial charge in [0.25, 0.3) is 11.1 Å². The second-order valence-corrected chi connectivity index (χ2v) is 7.42. The number of carbonyl (C=O) groups is 3. The van der Waals surface area contributed by atoms with E-state index >= 15 is 0 Å². The van der Waals surface area contributed by atoms with Gasteiger partial charge >= 0.3 is 0 Å². The van der Waals surface area contributed by atoms with Crippen LogP contribution < -0.4 is 0 Å². The highest BCUT2D eigenvalue weighted by molar-refractivity contribution is 8.18. The van der Waals surface area contributed by atoms with Crippen LogP contribution in [-0.4, -0.2) is 64.8 Å². The molecule has 0 unspecified atom stereocenters. The fourth-order valence-electron chi connectivity index (χ4n) is 2.52. The van der Waals surface area contributed by atoms with Crippen LogP contribution in [0.1, 0.15) is 5.56 Å². The largest absolute Gasteiger partial charge is 0.506 e. The summed E-state index contributed by atoms with van der Waals surface area (Å²) in [5.41, 5.74) is 0.215. The maximum atomic E-state index is 12.5. The lowest BCUT2D eigenvalue weighted by atomic mass is 10.2. The molecule has 26 heavy (non-hydrogen) atoms. The Kier molecular flexibility index (Phi) is 5.76. The van der Waals surface area contributed by atoms with Crippen LogP contribution in [0.3, 0.4) is 0 Å². The number of phenols is 1. The maximum Gasteiger partial charge on any atom is 0.294 e. The molecule has 1 N–H and O–H groups in total. The molecule has 7 nitrogen and oxygen atoms in total. The number of halogens is 2. The normalized spacial score (nSPS) is 19.5. The van der Waals surface area contributed by atoms with Gasteiger partial charge in [0.2, 0.25) is 5.91 Å². The molecule has 2 fully saturated rings. The smallest absolute Gasteiger partial charge is 0.294 e. The second-order valence-electron chi connectivity index (χ2n) is 5.59. The van der Waals surface area contributed by atoms with Crippen molar-refractivity contribution in [2.24, 2.45) is 0 Å². The molecule has 1 aromatic rings. The van der Waals surface area contributed by atoms with E-state index in [0.717, 1.165) is 4.90 Å². The molecule has 0 aromatic heterocycles. The average Bonchev–Trinajstić information content (AvgIpc) is 2.87. The summed E-state index contributed by atoms with van der Waals surface area (Å²) in [5, 5.41) is 9.75. The highest BCUT2D eigenvalue weighted by Crippen LogP contribution is 2.37. The van der Waals surface area contributed by atoms with Crippen LogP contribution >= 0.6 is 35.0 Å². The zero-order chi connectivity index (χ0) is 18.8. The van der Waals surface area contributed by atoms with Crippen molar-refractivity contribution in [2.45, 2.75) is 0 Å². The quantitative estimate of drug-likeness (QED) is 0.761. The summed E-state index contributed by atoms with van der Waals surface area (Å²) in [5.74, 6) is -1.16. The number of nitrogens with zero attached hydrogens (tertiary/aromatic N) is 2. The van der Waals surface area contributed by atoms with Gasteiger partial charge in [-0.3, -0.25) is 19.3 Å². The molecule has 138 valence electrons. The minimum atomic E-state index is -0.600. The van der Waals surface area contributed by atoms with Crippen molar-refractivity contribution < 1.29 is 24.2 Å². The first kappa shape index (κ1) is 19.0. The molecule has 3 rings (SSSR count). The van der Waals surface area contributed by atoms with Crippen LogP contribution in [0.15, 0.2) is 17.0 Å². The molecule has 10 heteroatoms. The van der Waals surface area contributed by atoms with Crippen LogP contribution in [0.5, 0.6) is 5.75 Å². The van der Waals surface area contributed by atoms with Crippen molar-refractivity contribution in [3.8, 4) is 5.75 Å². The predicted octanol–water partition coefficient (Wildman–Crippen LogP) is 2.59. The lowest BCUT2D eigenvalue weighted by Crippen LogP contribution is -2.46. The minimum Gasteiger partial charge on any atom is -0.506 e. The third-order valence-corrected chi connectivity index (χ3v) is 5.29. The molecule has 2 aliphatic rings. The number of rotatable bonds is 3. The summed E-state index contributed by atoms with van der Waals surface area (Å²) in [4.78, 5) is 39.4. The summed E-state index contributed by atoms with van der Waals surface area (Å²) in [6.07, 6.45) is 1.33. The van der Waals surface area contributed by atoms with E-state index in [9.17, 15) is 19.5 Å². The highest BCUT2D eigenvalue weighted by atomic mass is 35.5. The molecule has 2 heterocycles. The van der Waals surface area contributed by atoms with E-state index in [-0.39, 0.29) is 38.7 Å². The van der Waals surface area contributed by atoms with Gasteiger partial charge in [0.15, 0.2) is 0 Å². The molecule has 0 bridgehead atoms. The Morgan fingerprint density at radius 3 is 2.65 bits per heavy atom. The van der Waals surface area contributed by atoms with Crippen molar-refractivity contribution >= 4 is 58.1 Å². The number of hydrogen-bond donors (Lipinski definition) is 1. The molecule has 0 aliphatic carbocycles. The molecule has 0 spiro atoms. The van der Waals surface area contributed by atoms with E-state index in [1.165, 1.54) is 18.2 Å². The van der Waals surface area contributed by atoms with E-state index in [4.69, 9.17) is 27.9 Å². The topological polar surface area (TPSA) is 87.2 Å². The summed E-state index contributed by atoms with van der Waals surface area (Å²) >= 11 is 12.5. The molecule has 2 aliphatic heterocycles.